The highest BCUT2D eigenvalue weighted by Crippen LogP contribution is 2.18. The molecule has 2 aliphatic rings. The normalized spacial score (nSPS) is 14.3. The molecule has 17 heteroatoms. The summed E-state index contributed by atoms with van der Waals surface area (Å²) in [4.78, 5) is 92.5. The van der Waals surface area contributed by atoms with Crippen LogP contribution in [0.5, 0.6) is 0 Å². The lowest BCUT2D eigenvalue weighted by molar-refractivity contribution is -0.146. The quantitative estimate of drug-likeness (QED) is 0.130. The van der Waals surface area contributed by atoms with Crippen molar-refractivity contribution in [2.75, 3.05) is 53.6 Å². The number of amides is 3. The number of carbonyl (C=O) groups excluding carboxylic acids is 8. The van der Waals surface area contributed by atoms with E-state index >= 15 is 0 Å². The van der Waals surface area contributed by atoms with Gasteiger partial charge in [-0.05, 0) is 39.3 Å². The third-order valence-corrected chi connectivity index (χ3v) is 5.73. The highest BCUT2D eigenvalue weighted by molar-refractivity contribution is 6.64. The smallest absolute Gasteiger partial charge is 0.336 e. The number of nitrogens with two attached hydrogens (primary N) is 1. The van der Waals surface area contributed by atoms with Crippen molar-refractivity contribution < 1.29 is 57.3 Å². The van der Waals surface area contributed by atoms with Crippen molar-refractivity contribution in [1.82, 2.24) is 15.1 Å². The summed E-state index contributed by atoms with van der Waals surface area (Å²) in [6.45, 7) is 7.95. The largest absolute Gasteiger partial charge is 0.466 e. The molecule has 0 aromatic carbocycles. The van der Waals surface area contributed by atoms with Crippen LogP contribution >= 0.6 is 11.6 Å². The fourth-order valence-electron chi connectivity index (χ4n) is 3.48. The highest BCUT2D eigenvalue weighted by atomic mass is 35.5. The third-order valence-electron chi connectivity index (χ3n) is 5.60. The lowest BCUT2D eigenvalue weighted by atomic mass is 10.0. The first-order valence-electron chi connectivity index (χ1n) is 13.9. The van der Waals surface area contributed by atoms with Gasteiger partial charge in [-0.2, -0.15) is 0 Å². The molecule has 16 nitrogen and oxygen atoms in total. The average molecular weight is 661 g/mol. The van der Waals surface area contributed by atoms with Crippen molar-refractivity contribution in [1.29, 1.82) is 0 Å². The molecule has 0 radical (unpaired) electrons. The summed E-state index contributed by atoms with van der Waals surface area (Å²) in [5.74, 6) is -3.30. The predicted octanol–water partition coefficient (Wildman–Crippen LogP) is 0.0645. The number of ether oxygens (including phenoxy) is 4. The van der Waals surface area contributed by atoms with E-state index in [0.717, 1.165) is 0 Å². The molecular formula is C28H41ClN4O12. The molecule has 2 rings (SSSR count). The fraction of sp³-hybridized carbons (Fsp3) is 0.571. The van der Waals surface area contributed by atoms with E-state index < -0.39 is 41.4 Å². The molecule has 3 N–H and O–H groups in total. The molecule has 252 valence electrons. The molecule has 0 saturated carbocycles. The molecule has 0 aromatic rings. The van der Waals surface area contributed by atoms with E-state index in [9.17, 15) is 38.4 Å². The summed E-state index contributed by atoms with van der Waals surface area (Å²) in [5.41, 5.74) is 6.76. The predicted molar refractivity (Wildman–Crippen MR) is 158 cm³/mol. The number of hydrogen-bond donors (Lipinski definition) is 2. The zero-order chi connectivity index (χ0) is 34.7. The van der Waals surface area contributed by atoms with Crippen LogP contribution in [0.2, 0.25) is 0 Å². The molecule has 0 spiro atoms. The molecule has 0 atom stereocenters. The summed E-state index contributed by atoms with van der Waals surface area (Å²) in [6, 6.07) is 0. The number of rotatable bonds is 11. The Hall–Kier alpha value is -4.47. The number of esters is 4. The summed E-state index contributed by atoms with van der Waals surface area (Å²) in [5, 5.41) is 1.81. The van der Waals surface area contributed by atoms with Crippen LogP contribution in [0.1, 0.15) is 53.4 Å². The number of carbonyl (C=O) groups is 8. The minimum atomic E-state index is -0.687. The van der Waals surface area contributed by atoms with Crippen molar-refractivity contribution in [3.05, 3.63) is 22.5 Å². The standard InChI is InChI=1S/C14H20N2O6.C9H14N2O3.C5H7ClO3/c1-4-21-13(19)7-11(17)15-10-8-16(3)12(18)6-9(10)14(20)22-5-2;1-3-14-9(13)6-4-8(12)11(2)5-7(6)10;1-2-9-5(8)3-4(6)7/h4-8H2,1-3H3,(H,15,17);3-5,10H2,1-2H3;2-3H2,1H3. The Kier molecular flexibility index (Phi) is 19.2. The zero-order valence-corrected chi connectivity index (χ0v) is 27.1. The van der Waals surface area contributed by atoms with Crippen LogP contribution in [0.15, 0.2) is 22.5 Å². The number of nitrogens with one attached hydrogen (secondary N) is 1. The summed E-state index contributed by atoms with van der Waals surface area (Å²) in [7, 11) is 3.21. The first-order chi connectivity index (χ1) is 21.1. The second-order valence-electron chi connectivity index (χ2n) is 9.12. The van der Waals surface area contributed by atoms with Crippen LogP contribution in [0, 0.1) is 0 Å². The van der Waals surface area contributed by atoms with Gasteiger partial charge in [-0.15, -0.1) is 0 Å². The summed E-state index contributed by atoms with van der Waals surface area (Å²) < 4.78 is 18.8. The molecule has 2 heterocycles. The molecule has 0 unspecified atom stereocenters. The van der Waals surface area contributed by atoms with E-state index in [4.69, 9.17) is 26.8 Å². The number of likely N-dealkylation sites (N-methyl/N-ethyl adjacent to an activating group) is 2. The lowest BCUT2D eigenvalue weighted by Gasteiger charge is -2.27. The molecule has 2 aliphatic heterocycles. The van der Waals surface area contributed by atoms with E-state index in [-0.39, 0.29) is 68.7 Å². The van der Waals surface area contributed by atoms with E-state index in [1.165, 1.54) is 9.80 Å². The van der Waals surface area contributed by atoms with Crippen LogP contribution in [-0.4, -0.2) is 110 Å². The second kappa shape index (κ2) is 21.3. The molecule has 0 bridgehead atoms. The van der Waals surface area contributed by atoms with Gasteiger partial charge in [0.25, 0.3) is 0 Å². The Morgan fingerprint density at radius 2 is 1.13 bits per heavy atom. The van der Waals surface area contributed by atoms with Gasteiger partial charge in [0.15, 0.2) is 0 Å². The molecular weight excluding hydrogens is 620 g/mol. The SMILES string of the molecule is CCOC(=O)C1=C(N)CN(C)C(=O)C1.CCOC(=O)CC(=O)Cl.CCOC(=O)CC(=O)NC1=C(C(=O)OCC)CC(=O)N(C)C1. The van der Waals surface area contributed by atoms with Crippen molar-refractivity contribution in [2.45, 2.75) is 53.4 Å². The van der Waals surface area contributed by atoms with Crippen molar-refractivity contribution in [3.63, 3.8) is 0 Å². The van der Waals surface area contributed by atoms with Gasteiger partial charge in [-0.1, -0.05) is 0 Å². The Morgan fingerprint density at radius 3 is 1.60 bits per heavy atom. The minimum Gasteiger partial charge on any atom is -0.466 e. The number of halogens is 1. The van der Waals surface area contributed by atoms with Crippen LogP contribution in [0.3, 0.4) is 0 Å². The fourth-order valence-corrected chi connectivity index (χ4v) is 3.59. The maximum absolute atomic E-state index is 11.9. The zero-order valence-electron chi connectivity index (χ0n) is 26.3. The van der Waals surface area contributed by atoms with E-state index in [1.54, 1.807) is 41.8 Å². The first kappa shape index (κ1) is 40.5. The van der Waals surface area contributed by atoms with Crippen molar-refractivity contribution in [2.24, 2.45) is 5.73 Å². The maximum atomic E-state index is 11.9. The molecule has 0 aromatic heterocycles. The second-order valence-corrected chi connectivity index (χ2v) is 9.54. The van der Waals surface area contributed by atoms with E-state index in [1.807, 2.05) is 0 Å². The van der Waals surface area contributed by atoms with Crippen LogP contribution in [0.4, 0.5) is 0 Å². The van der Waals surface area contributed by atoms with E-state index in [2.05, 4.69) is 14.8 Å². The van der Waals surface area contributed by atoms with Gasteiger partial charge in [0.2, 0.25) is 23.0 Å². The van der Waals surface area contributed by atoms with Crippen molar-refractivity contribution in [3.8, 4) is 0 Å². The molecule has 3 amide bonds. The van der Waals surface area contributed by atoms with Crippen molar-refractivity contribution >= 4 is 58.4 Å². The molecule has 0 saturated heterocycles. The Balaban J connectivity index is 0.000000717. The summed E-state index contributed by atoms with van der Waals surface area (Å²) >= 11 is 4.87. The Labute approximate surface area is 266 Å². The van der Waals surface area contributed by atoms with Gasteiger partial charge in [0, 0.05) is 25.5 Å². The van der Waals surface area contributed by atoms with Gasteiger partial charge < -0.3 is 39.8 Å². The topological polar surface area (TPSA) is 218 Å². The molecule has 0 fully saturated rings. The summed E-state index contributed by atoms with van der Waals surface area (Å²) in [6.07, 6.45) is -0.897. The molecule has 0 aliphatic carbocycles. The molecule has 45 heavy (non-hydrogen) atoms. The average Bonchev–Trinajstić information content (AvgIpc) is 2.93. The first-order valence-corrected chi connectivity index (χ1v) is 14.3. The van der Waals surface area contributed by atoms with Gasteiger partial charge in [0.1, 0.15) is 12.8 Å². The van der Waals surface area contributed by atoms with Gasteiger partial charge in [-0.25, -0.2) is 9.59 Å². The number of hydrogen-bond acceptors (Lipinski definition) is 13. The van der Waals surface area contributed by atoms with Gasteiger partial charge >= 0.3 is 23.9 Å². The van der Waals surface area contributed by atoms with Crippen LogP contribution < -0.4 is 11.1 Å². The highest BCUT2D eigenvalue weighted by Gasteiger charge is 2.29. The monoisotopic (exact) mass is 660 g/mol. The van der Waals surface area contributed by atoms with Crippen LogP contribution in [0.25, 0.3) is 0 Å². The van der Waals surface area contributed by atoms with Gasteiger partial charge in [0.05, 0.1) is 63.5 Å². The Bertz CT molecular complexity index is 1200. The maximum Gasteiger partial charge on any atom is 0.336 e. The Morgan fingerprint density at radius 1 is 0.711 bits per heavy atom. The van der Waals surface area contributed by atoms with E-state index in [0.29, 0.717) is 24.4 Å². The lowest BCUT2D eigenvalue weighted by Crippen LogP contribution is -2.41. The van der Waals surface area contributed by atoms with Crippen LogP contribution in [-0.2, 0) is 57.3 Å². The number of nitrogens with zero attached hydrogens (tertiary/aromatic N) is 2. The minimum absolute atomic E-state index is 0.0428. The van der Waals surface area contributed by atoms with Gasteiger partial charge in [-0.3, -0.25) is 28.8 Å². The third kappa shape index (κ3) is 15.7.